The SMILES string of the molecule is COCc1c(F)cc(C(C)N)cc1Cl. The van der Waals surface area contributed by atoms with Gasteiger partial charge in [0.1, 0.15) is 5.82 Å². The molecule has 2 nitrogen and oxygen atoms in total. The number of methoxy groups -OCH3 is 1. The van der Waals surface area contributed by atoms with Crippen molar-refractivity contribution in [3.63, 3.8) is 0 Å². The molecule has 2 N–H and O–H groups in total. The van der Waals surface area contributed by atoms with Crippen LogP contribution in [0.5, 0.6) is 0 Å². The molecule has 0 aromatic heterocycles. The lowest BCUT2D eigenvalue weighted by Crippen LogP contribution is -2.06. The van der Waals surface area contributed by atoms with Gasteiger partial charge in [-0.2, -0.15) is 0 Å². The molecule has 0 spiro atoms. The fourth-order valence-electron chi connectivity index (χ4n) is 1.17. The van der Waals surface area contributed by atoms with E-state index in [9.17, 15) is 4.39 Å². The van der Waals surface area contributed by atoms with Crippen molar-refractivity contribution >= 4 is 11.6 Å². The maximum atomic E-state index is 13.4. The van der Waals surface area contributed by atoms with Crippen molar-refractivity contribution in [1.82, 2.24) is 0 Å². The molecule has 0 heterocycles. The molecule has 1 aromatic rings. The zero-order valence-electron chi connectivity index (χ0n) is 8.18. The second-order valence-corrected chi connectivity index (χ2v) is 3.59. The van der Waals surface area contributed by atoms with E-state index in [0.717, 1.165) is 0 Å². The molecule has 1 atom stereocenters. The minimum atomic E-state index is -0.369. The van der Waals surface area contributed by atoms with Crippen molar-refractivity contribution in [3.8, 4) is 0 Å². The maximum absolute atomic E-state index is 13.4. The lowest BCUT2D eigenvalue weighted by atomic mass is 10.1. The van der Waals surface area contributed by atoms with Gasteiger partial charge in [-0.1, -0.05) is 11.6 Å². The van der Waals surface area contributed by atoms with E-state index in [1.165, 1.54) is 13.2 Å². The Morgan fingerprint density at radius 1 is 1.57 bits per heavy atom. The normalized spacial score (nSPS) is 12.9. The van der Waals surface area contributed by atoms with Crippen LogP contribution in [0.4, 0.5) is 4.39 Å². The van der Waals surface area contributed by atoms with Crippen molar-refractivity contribution in [1.29, 1.82) is 0 Å². The van der Waals surface area contributed by atoms with Crippen LogP contribution in [0.25, 0.3) is 0 Å². The largest absolute Gasteiger partial charge is 0.380 e. The Hall–Kier alpha value is -0.640. The first kappa shape index (κ1) is 11.4. The molecule has 0 saturated heterocycles. The van der Waals surface area contributed by atoms with Gasteiger partial charge >= 0.3 is 0 Å². The molecule has 14 heavy (non-hydrogen) atoms. The van der Waals surface area contributed by atoms with Gasteiger partial charge in [-0.25, -0.2) is 4.39 Å². The van der Waals surface area contributed by atoms with Gasteiger partial charge in [0.25, 0.3) is 0 Å². The number of hydrogen-bond donors (Lipinski definition) is 1. The summed E-state index contributed by atoms with van der Waals surface area (Å²) in [6.45, 7) is 1.95. The molecule has 1 rings (SSSR count). The van der Waals surface area contributed by atoms with Crippen LogP contribution in [0.3, 0.4) is 0 Å². The summed E-state index contributed by atoms with van der Waals surface area (Å²) in [5.74, 6) is -0.369. The van der Waals surface area contributed by atoms with Crippen LogP contribution in [0, 0.1) is 5.82 Å². The predicted molar refractivity (Wildman–Crippen MR) is 54.7 cm³/mol. The van der Waals surface area contributed by atoms with Gasteiger partial charge in [-0.05, 0) is 24.6 Å². The summed E-state index contributed by atoms with van der Waals surface area (Å²) < 4.78 is 18.3. The first-order valence-corrected chi connectivity index (χ1v) is 4.66. The smallest absolute Gasteiger partial charge is 0.130 e. The van der Waals surface area contributed by atoms with Crippen molar-refractivity contribution in [2.45, 2.75) is 19.6 Å². The number of rotatable bonds is 3. The zero-order valence-corrected chi connectivity index (χ0v) is 8.94. The maximum Gasteiger partial charge on any atom is 0.130 e. The van der Waals surface area contributed by atoms with Crippen LogP contribution in [-0.4, -0.2) is 7.11 Å². The van der Waals surface area contributed by atoms with Gasteiger partial charge in [0.05, 0.1) is 6.61 Å². The van der Waals surface area contributed by atoms with E-state index in [-0.39, 0.29) is 18.5 Å². The van der Waals surface area contributed by atoms with Gasteiger partial charge in [-0.15, -0.1) is 0 Å². The molecule has 0 aliphatic rings. The van der Waals surface area contributed by atoms with Gasteiger partial charge in [0, 0.05) is 23.7 Å². The average molecular weight is 218 g/mol. The summed E-state index contributed by atoms with van der Waals surface area (Å²) in [7, 11) is 1.50. The minimum absolute atomic E-state index is 0.171. The molecule has 0 saturated carbocycles. The van der Waals surface area contributed by atoms with Gasteiger partial charge < -0.3 is 10.5 Å². The van der Waals surface area contributed by atoms with E-state index >= 15 is 0 Å². The summed E-state index contributed by atoms with van der Waals surface area (Å²) in [5.41, 5.74) is 6.68. The van der Waals surface area contributed by atoms with E-state index in [4.69, 9.17) is 22.1 Å². The van der Waals surface area contributed by atoms with Gasteiger partial charge in [0.15, 0.2) is 0 Å². The molecule has 1 aromatic carbocycles. The lowest BCUT2D eigenvalue weighted by Gasteiger charge is -2.10. The van der Waals surface area contributed by atoms with Gasteiger partial charge in [-0.3, -0.25) is 0 Å². The predicted octanol–water partition coefficient (Wildman–Crippen LogP) is 2.65. The second kappa shape index (κ2) is 4.73. The lowest BCUT2D eigenvalue weighted by molar-refractivity contribution is 0.181. The number of nitrogens with two attached hydrogens (primary N) is 1. The molecule has 0 bridgehead atoms. The number of ether oxygens (including phenoxy) is 1. The molecule has 0 radical (unpaired) electrons. The third-order valence-corrected chi connectivity index (χ3v) is 2.32. The molecule has 0 amide bonds. The van der Waals surface area contributed by atoms with Crippen molar-refractivity contribution in [3.05, 3.63) is 34.1 Å². The van der Waals surface area contributed by atoms with E-state index < -0.39 is 0 Å². The second-order valence-electron chi connectivity index (χ2n) is 3.18. The highest BCUT2D eigenvalue weighted by Crippen LogP contribution is 2.24. The Morgan fingerprint density at radius 3 is 2.64 bits per heavy atom. The van der Waals surface area contributed by atoms with Crippen LogP contribution in [0.15, 0.2) is 12.1 Å². The average Bonchev–Trinajstić information content (AvgIpc) is 2.10. The summed E-state index contributed by atoms with van der Waals surface area (Å²) in [6, 6.07) is 2.84. The van der Waals surface area contributed by atoms with Gasteiger partial charge in [0.2, 0.25) is 0 Å². The summed E-state index contributed by atoms with van der Waals surface area (Å²) in [6.07, 6.45) is 0. The highest BCUT2D eigenvalue weighted by atomic mass is 35.5. The molecule has 78 valence electrons. The standard InChI is InChI=1S/C10H13ClFNO/c1-6(13)7-3-9(11)8(5-14-2)10(12)4-7/h3-4,6H,5,13H2,1-2H3. The third kappa shape index (κ3) is 2.44. The summed E-state index contributed by atoms with van der Waals surface area (Å²) in [4.78, 5) is 0. The third-order valence-electron chi connectivity index (χ3n) is 1.98. The molecule has 0 aliphatic heterocycles. The Balaban J connectivity index is 3.11. The number of benzene rings is 1. The van der Waals surface area contributed by atoms with Crippen LogP contribution < -0.4 is 5.73 Å². The molecular weight excluding hydrogens is 205 g/mol. The summed E-state index contributed by atoms with van der Waals surface area (Å²) in [5, 5.41) is 0.360. The van der Waals surface area contributed by atoms with Crippen LogP contribution in [0.1, 0.15) is 24.1 Å². The number of halogens is 2. The molecule has 1 unspecified atom stereocenters. The first-order chi connectivity index (χ1) is 6.56. The van der Waals surface area contributed by atoms with Crippen LogP contribution >= 0.6 is 11.6 Å². The Kier molecular flexibility index (Phi) is 3.86. The Morgan fingerprint density at radius 2 is 2.21 bits per heavy atom. The van der Waals surface area contributed by atoms with E-state index in [1.807, 2.05) is 0 Å². The van der Waals surface area contributed by atoms with Crippen molar-refractivity contribution in [2.24, 2.45) is 5.73 Å². The van der Waals surface area contributed by atoms with Crippen molar-refractivity contribution in [2.75, 3.05) is 7.11 Å². The monoisotopic (exact) mass is 217 g/mol. The Labute approximate surface area is 87.8 Å². The highest BCUT2D eigenvalue weighted by molar-refractivity contribution is 6.31. The van der Waals surface area contributed by atoms with Crippen molar-refractivity contribution < 1.29 is 9.13 Å². The first-order valence-electron chi connectivity index (χ1n) is 4.28. The zero-order chi connectivity index (χ0) is 10.7. The quantitative estimate of drug-likeness (QED) is 0.845. The minimum Gasteiger partial charge on any atom is -0.380 e. The van der Waals surface area contributed by atoms with E-state index in [0.29, 0.717) is 16.1 Å². The molecule has 4 heteroatoms. The van der Waals surface area contributed by atoms with Crippen LogP contribution in [-0.2, 0) is 11.3 Å². The molecule has 0 fully saturated rings. The fraction of sp³-hybridized carbons (Fsp3) is 0.400. The van der Waals surface area contributed by atoms with E-state index in [1.54, 1.807) is 13.0 Å². The highest BCUT2D eigenvalue weighted by Gasteiger charge is 2.11. The topological polar surface area (TPSA) is 35.2 Å². The Bertz CT molecular complexity index is 305. The molecule has 0 aliphatic carbocycles. The van der Waals surface area contributed by atoms with Crippen LogP contribution in [0.2, 0.25) is 5.02 Å². The summed E-state index contributed by atoms with van der Waals surface area (Å²) >= 11 is 5.88. The van der Waals surface area contributed by atoms with E-state index in [2.05, 4.69) is 0 Å². The fourth-order valence-corrected chi connectivity index (χ4v) is 1.44. The molecular formula is C10H13ClFNO. The number of hydrogen-bond acceptors (Lipinski definition) is 2.